The Hall–Kier alpha value is -0.380. The Morgan fingerprint density at radius 3 is 2.75 bits per heavy atom. The summed E-state index contributed by atoms with van der Waals surface area (Å²) in [5, 5.41) is 4.39. The number of nitrogens with zero attached hydrogens (tertiary/aromatic N) is 1. The van der Waals surface area contributed by atoms with Crippen LogP contribution in [0.3, 0.4) is 0 Å². The van der Waals surface area contributed by atoms with Crippen LogP contribution in [0.15, 0.2) is 16.8 Å². The number of hydrogen-bond donors (Lipinski definition) is 1. The van der Waals surface area contributed by atoms with Crippen molar-refractivity contribution in [2.75, 3.05) is 20.1 Å². The normalized spacial score (nSPS) is 19.4. The number of rotatable bonds is 5. The summed E-state index contributed by atoms with van der Waals surface area (Å²) in [5.74, 6) is 0. The molecule has 1 fully saturated rings. The van der Waals surface area contributed by atoms with Gasteiger partial charge in [0.1, 0.15) is 0 Å². The van der Waals surface area contributed by atoms with Crippen molar-refractivity contribution in [3.8, 4) is 0 Å². The molecular weight excluding hydrogens is 216 g/mol. The third-order valence-corrected chi connectivity index (χ3v) is 4.47. The standard InChI is InChI=1S/C13H22N2S/c1-15(8-12-4-7-16-9-12)11-13(10-14)5-2-3-6-13/h4,7,9H,2-3,5-6,8,10-11,14H2,1H3. The molecule has 1 aromatic rings. The van der Waals surface area contributed by atoms with Crippen LogP contribution in [0.25, 0.3) is 0 Å². The summed E-state index contributed by atoms with van der Waals surface area (Å²) in [6, 6.07) is 2.21. The topological polar surface area (TPSA) is 29.3 Å². The Balaban J connectivity index is 1.88. The first-order valence-corrected chi connectivity index (χ1v) is 7.08. The first-order chi connectivity index (χ1) is 7.74. The Morgan fingerprint density at radius 2 is 2.19 bits per heavy atom. The van der Waals surface area contributed by atoms with Crippen molar-refractivity contribution >= 4 is 11.3 Å². The SMILES string of the molecule is CN(Cc1ccsc1)CC1(CN)CCCC1. The Kier molecular flexibility index (Phi) is 4.00. The van der Waals surface area contributed by atoms with Crippen LogP contribution in [-0.4, -0.2) is 25.0 Å². The molecule has 90 valence electrons. The van der Waals surface area contributed by atoms with Gasteiger partial charge < -0.3 is 10.6 Å². The highest BCUT2D eigenvalue weighted by Gasteiger charge is 2.33. The van der Waals surface area contributed by atoms with Gasteiger partial charge in [0.15, 0.2) is 0 Å². The summed E-state index contributed by atoms with van der Waals surface area (Å²) in [5.41, 5.74) is 7.80. The zero-order valence-corrected chi connectivity index (χ0v) is 10.9. The van der Waals surface area contributed by atoms with Gasteiger partial charge in [0, 0.05) is 13.1 Å². The van der Waals surface area contributed by atoms with Crippen LogP contribution < -0.4 is 5.73 Å². The van der Waals surface area contributed by atoms with Crippen LogP contribution in [0.2, 0.25) is 0 Å². The van der Waals surface area contributed by atoms with E-state index in [0.29, 0.717) is 5.41 Å². The molecule has 2 N–H and O–H groups in total. The van der Waals surface area contributed by atoms with Crippen molar-refractivity contribution in [3.63, 3.8) is 0 Å². The molecule has 2 rings (SSSR count). The summed E-state index contributed by atoms with van der Waals surface area (Å²) < 4.78 is 0. The quantitative estimate of drug-likeness (QED) is 0.854. The molecular formula is C13H22N2S. The van der Waals surface area contributed by atoms with E-state index in [0.717, 1.165) is 19.6 Å². The molecule has 0 atom stereocenters. The monoisotopic (exact) mass is 238 g/mol. The molecule has 0 amide bonds. The van der Waals surface area contributed by atoms with Crippen LogP contribution in [0, 0.1) is 5.41 Å². The van der Waals surface area contributed by atoms with Crippen LogP contribution in [0.5, 0.6) is 0 Å². The third-order valence-electron chi connectivity index (χ3n) is 3.74. The highest BCUT2D eigenvalue weighted by molar-refractivity contribution is 7.07. The van der Waals surface area contributed by atoms with Gasteiger partial charge >= 0.3 is 0 Å². The molecule has 3 heteroatoms. The lowest BCUT2D eigenvalue weighted by Crippen LogP contribution is -2.38. The fourth-order valence-electron chi connectivity index (χ4n) is 2.87. The zero-order chi connectivity index (χ0) is 11.4. The average Bonchev–Trinajstić information content (AvgIpc) is 2.90. The average molecular weight is 238 g/mol. The highest BCUT2D eigenvalue weighted by Crippen LogP contribution is 2.37. The van der Waals surface area contributed by atoms with E-state index in [9.17, 15) is 0 Å². The minimum Gasteiger partial charge on any atom is -0.330 e. The predicted molar refractivity (Wildman–Crippen MR) is 70.6 cm³/mol. The van der Waals surface area contributed by atoms with Crippen molar-refractivity contribution in [2.45, 2.75) is 32.2 Å². The first-order valence-electron chi connectivity index (χ1n) is 6.14. The van der Waals surface area contributed by atoms with E-state index in [4.69, 9.17) is 5.73 Å². The Bertz CT molecular complexity index is 302. The van der Waals surface area contributed by atoms with Crippen LogP contribution in [0.1, 0.15) is 31.2 Å². The molecule has 0 aliphatic heterocycles. The van der Waals surface area contributed by atoms with Gasteiger partial charge in [0.25, 0.3) is 0 Å². The van der Waals surface area contributed by atoms with Crippen molar-refractivity contribution in [1.82, 2.24) is 4.90 Å². The van der Waals surface area contributed by atoms with Gasteiger partial charge in [-0.15, -0.1) is 0 Å². The maximum absolute atomic E-state index is 5.97. The van der Waals surface area contributed by atoms with Gasteiger partial charge in [-0.3, -0.25) is 0 Å². The smallest absolute Gasteiger partial charge is 0.0239 e. The summed E-state index contributed by atoms with van der Waals surface area (Å²) in [4.78, 5) is 2.43. The molecule has 1 aliphatic rings. The van der Waals surface area contributed by atoms with Gasteiger partial charge in [-0.1, -0.05) is 12.8 Å². The van der Waals surface area contributed by atoms with Gasteiger partial charge in [0.2, 0.25) is 0 Å². The molecule has 0 bridgehead atoms. The largest absolute Gasteiger partial charge is 0.330 e. The van der Waals surface area contributed by atoms with Gasteiger partial charge in [0.05, 0.1) is 0 Å². The second-order valence-corrected chi connectivity index (χ2v) is 6.00. The maximum Gasteiger partial charge on any atom is 0.0239 e. The second kappa shape index (κ2) is 5.30. The number of thiophene rings is 1. The molecule has 1 aliphatic carbocycles. The molecule has 1 aromatic heterocycles. The van der Waals surface area contributed by atoms with E-state index in [1.807, 2.05) is 0 Å². The molecule has 1 heterocycles. The Labute approximate surface area is 102 Å². The molecule has 0 aromatic carbocycles. The molecule has 1 saturated carbocycles. The summed E-state index contributed by atoms with van der Waals surface area (Å²) in [7, 11) is 2.22. The van der Waals surface area contributed by atoms with Gasteiger partial charge in [-0.05, 0) is 54.2 Å². The lowest BCUT2D eigenvalue weighted by molar-refractivity contribution is 0.179. The molecule has 0 spiro atoms. The predicted octanol–water partition coefficient (Wildman–Crippen LogP) is 2.70. The van der Waals surface area contributed by atoms with E-state index in [-0.39, 0.29) is 0 Å². The second-order valence-electron chi connectivity index (χ2n) is 5.22. The molecule has 0 saturated heterocycles. The minimum atomic E-state index is 0.408. The van der Waals surface area contributed by atoms with E-state index in [1.165, 1.54) is 31.2 Å². The van der Waals surface area contributed by atoms with Crippen molar-refractivity contribution < 1.29 is 0 Å². The van der Waals surface area contributed by atoms with Crippen LogP contribution in [-0.2, 0) is 6.54 Å². The number of hydrogen-bond acceptors (Lipinski definition) is 3. The van der Waals surface area contributed by atoms with Crippen molar-refractivity contribution in [1.29, 1.82) is 0 Å². The summed E-state index contributed by atoms with van der Waals surface area (Å²) >= 11 is 1.78. The van der Waals surface area contributed by atoms with E-state index < -0.39 is 0 Å². The van der Waals surface area contributed by atoms with E-state index >= 15 is 0 Å². The van der Waals surface area contributed by atoms with Gasteiger partial charge in [-0.25, -0.2) is 0 Å². The lowest BCUT2D eigenvalue weighted by Gasteiger charge is -2.32. The van der Waals surface area contributed by atoms with Crippen molar-refractivity contribution in [3.05, 3.63) is 22.4 Å². The minimum absolute atomic E-state index is 0.408. The van der Waals surface area contributed by atoms with Crippen LogP contribution in [0.4, 0.5) is 0 Å². The molecule has 0 unspecified atom stereocenters. The molecule has 2 nitrogen and oxygen atoms in total. The first kappa shape index (κ1) is 12.1. The zero-order valence-electron chi connectivity index (χ0n) is 10.1. The Morgan fingerprint density at radius 1 is 1.44 bits per heavy atom. The van der Waals surface area contributed by atoms with Gasteiger partial charge in [-0.2, -0.15) is 11.3 Å². The van der Waals surface area contributed by atoms with Crippen molar-refractivity contribution in [2.24, 2.45) is 11.1 Å². The molecule has 16 heavy (non-hydrogen) atoms. The third kappa shape index (κ3) is 2.84. The fraction of sp³-hybridized carbons (Fsp3) is 0.692. The van der Waals surface area contributed by atoms with Crippen LogP contribution >= 0.6 is 11.3 Å². The summed E-state index contributed by atoms with van der Waals surface area (Å²) in [6.45, 7) is 3.06. The lowest BCUT2D eigenvalue weighted by atomic mass is 9.86. The maximum atomic E-state index is 5.97. The highest BCUT2D eigenvalue weighted by atomic mass is 32.1. The fourth-order valence-corrected chi connectivity index (χ4v) is 3.53. The summed E-state index contributed by atoms with van der Waals surface area (Å²) in [6.07, 6.45) is 5.36. The number of nitrogens with two attached hydrogens (primary N) is 1. The van der Waals surface area contributed by atoms with E-state index in [1.54, 1.807) is 11.3 Å². The van der Waals surface area contributed by atoms with E-state index in [2.05, 4.69) is 28.8 Å². The molecule has 0 radical (unpaired) electrons.